The van der Waals surface area contributed by atoms with Gasteiger partial charge in [0, 0.05) is 25.7 Å². The van der Waals surface area contributed by atoms with E-state index in [9.17, 15) is 4.79 Å². The number of aryl methyl sites for hydroxylation is 1. The van der Waals surface area contributed by atoms with Crippen molar-refractivity contribution in [2.24, 2.45) is 0 Å². The number of carbonyl (C=O) groups is 1. The molecule has 1 aliphatic heterocycles. The quantitative estimate of drug-likeness (QED) is 0.858. The summed E-state index contributed by atoms with van der Waals surface area (Å²) in [5, 5.41) is 8.74. The summed E-state index contributed by atoms with van der Waals surface area (Å²) in [5.41, 5.74) is 3.46. The first-order chi connectivity index (χ1) is 9.58. The molecule has 0 aliphatic carbocycles. The maximum absolute atomic E-state index is 10.6. The second-order valence-corrected chi connectivity index (χ2v) is 5.22. The predicted molar refractivity (Wildman–Crippen MR) is 78.0 cm³/mol. The average Bonchev–Trinajstić information content (AvgIpc) is 2.41. The predicted octanol–water partition coefficient (Wildman–Crippen LogP) is 2.61. The van der Waals surface area contributed by atoms with Crippen LogP contribution in [0.2, 0.25) is 0 Å². The smallest absolute Gasteiger partial charge is 0.328 e. The van der Waals surface area contributed by atoms with Crippen LogP contribution in [-0.2, 0) is 11.3 Å². The zero-order valence-corrected chi connectivity index (χ0v) is 12.1. The van der Waals surface area contributed by atoms with E-state index in [2.05, 4.69) is 17.0 Å². The number of likely N-dealkylation sites (tertiary alicyclic amines) is 1. The Balaban J connectivity index is 1.92. The van der Waals surface area contributed by atoms with Gasteiger partial charge in [0.05, 0.1) is 7.11 Å². The molecule has 1 aromatic rings. The van der Waals surface area contributed by atoms with Gasteiger partial charge in [-0.05, 0) is 37.0 Å². The molecule has 0 aromatic heterocycles. The number of hydrogen-bond acceptors (Lipinski definition) is 3. The van der Waals surface area contributed by atoms with Gasteiger partial charge in [0.15, 0.2) is 0 Å². The highest BCUT2D eigenvalue weighted by Crippen LogP contribution is 2.22. The van der Waals surface area contributed by atoms with Crippen molar-refractivity contribution < 1.29 is 14.6 Å². The monoisotopic (exact) mass is 275 g/mol. The molecule has 2 rings (SSSR count). The molecule has 0 bridgehead atoms. The van der Waals surface area contributed by atoms with Crippen LogP contribution in [0.4, 0.5) is 0 Å². The Kier molecular flexibility index (Phi) is 4.79. The minimum Gasteiger partial charge on any atom is -0.496 e. The molecule has 1 aromatic carbocycles. The van der Waals surface area contributed by atoms with Gasteiger partial charge in [0.1, 0.15) is 5.75 Å². The molecule has 0 atom stereocenters. The van der Waals surface area contributed by atoms with E-state index in [1.54, 1.807) is 7.11 Å². The second kappa shape index (κ2) is 6.57. The van der Waals surface area contributed by atoms with Gasteiger partial charge in [0.2, 0.25) is 0 Å². The van der Waals surface area contributed by atoms with Gasteiger partial charge in [-0.3, -0.25) is 4.90 Å². The Morgan fingerprint density at radius 1 is 1.40 bits per heavy atom. The van der Waals surface area contributed by atoms with Gasteiger partial charge in [0.25, 0.3) is 0 Å². The molecular formula is C16H21NO3. The molecule has 4 heteroatoms. The number of aliphatic carboxylic acids is 1. The average molecular weight is 275 g/mol. The lowest BCUT2D eigenvalue weighted by Crippen LogP contribution is -2.30. The minimum atomic E-state index is -0.834. The summed E-state index contributed by atoms with van der Waals surface area (Å²) in [5.74, 6) is 0.0818. The van der Waals surface area contributed by atoms with Gasteiger partial charge >= 0.3 is 5.97 Å². The molecule has 0 radical (unpaired) electrons. The fourth-order valence-electron chi connectivity index (χ4n) is 2.61. The zero-order chi connectivity index (χ0) is 14.5. The SMILES string of the molecule is COc1ccc(CN2CCC(=CC(=O)O)CC2)cc1C. The first-order valence-electron chi connectivity index (χ1n) is 6.86. The van der Waals surface area contributed by atoms with Crippen LogP contribution in [0.1, 0.15) is 24.0 Å². The summed E-state index contributed by atoms with van der Waals surface area (Å²) in [4.78, 5) is 13.0. The Morgan fingerprint density at radius 2 is 2.10 bits per heavy atom. The van der Waals surface area contributed by atoms with Gasteiger partial charge in [-0.2, -0.15) is 0 Å². The van der Waals surface area contributed by atoms with E-state index in [1.165, 1.54) is 11.6 Å². The number of carboxylic acids is 1. The number of carboxylic acid groups (broad SMARTS) is 1. The molecule has 0 amide bonds. The molecule has 1 N–H and O–H groups in total. The van der Waals surface area contributed by atoms with E-state index in [0.29, 0.717) is 0 Å². The van der Waals surface area contributed by atoms with Crippen molar-refractivity contribution in [3.05, 3.63) is 41.0 Å². The number of piperidine rings is 1. The molecule has 20 heavy (non-hydrogen) atoms. The highest BCUT2D eigenvalue weighted by Gasteiger charge is 2.15. The third-order valence-electron chi connectivity index (χ3n) is 3.69. The lowest BCUT2D eigenvalue weighted by molar-refractivity contribution is -0.131. The van der Waals surface area contributed by atoms with Crippen molar-refractivity contribution in [3.8, 4) is 5.75 Å². The summed E-state index contributed by atoms with van der Waals surface area (Å²) in [6.07, 6.45) is 3.05. The number of benzene rings is 1. The summed E-state index contributed by atoms with van der Waals surface area (Å²) >= 11 is 0. The first-order valence-corrected chi connectivity index (χ1v) is 6.86. The van der Waals surface area contributed by atoms with Crippen molar-refractivity contribution in [1.29, 1.82) is 0 Å². The first kappa shape index (κ1) is 14.6. The van der Waals surface area contributed by atoms with Gasteiger partial charge < -0.3 is 9.84 Å². The normalized spacial score (nSPS) is 16.0. The van der Waals surface area contributed by atoms with E-state index < -0.39 is 5.97 Å². The Bertz CT molecular complexity index is 512. The topological polar surface area (TPSA) is 49.8 Å². The van der Waals surface area contributed by atoms with Crippen LogP contribution in [-0.4, -0.2) is 36.2 Å². The third kappa shape index (κ3) is 3.84. The molecule has 1 saturated heterocycles. The number of nitrogens with zero attached hydrogens (tertiary/aromatic N) is 1. The van der Waals surface area contributed by atoms with E-state index in [1.807, 2.05) is 13.0 Å². The van der Waals surface area contributed by atoms with E-state index in [4.69, 9.17) is 9.84 Å². The van der Waals surface area contributed by atoms with Gasteiger partial charge in [-0.15, -0.1) is 0 Å². The largest absolute Gasteiger partial charge is 0.496 e. The molecular weight excluding hydrogens is 254 g/mol. The summed E-state index contributed by atoms with van der Waals surface area (Å²) in [7, 11) is 1.68. The highest BCUT2D eigenvalue weighted by molar-refractivity contribution is 5.80. The second-order valence-electron chi connectivity index (χ2n) is 5.22. The van der Waals surface area contributed by atoms with Crippen LogP contribution >= 0.6 is 0 Å². The van der Waals surface area contributed by atoms with Gasteiger partial charge in [-0.1, -0.05) is 17.7 Å². The van der Waals surface area contributed by atoms with Crippen molar-refractivity contribution in [2.75, 3.05) is 20.2 Å². The van der Waals surface area contributed by atoms with Crippen LogP contribution in [0.15, 0.2) is 29.8 Å². The van der Waals surface area contributed by atoms with Crippen molar-refractivity contribution in [3.63, 3.8) is 0 Å². The Morgan fingerprint density at radius 3 is 2.65 bits per heavy atom. The zero-order valence-electron chi connectivity index (χ0n) is 12.1. The molecule has 1 fully saturated rings. The minimum absolute atomic E-state index is 0.834. The van der Waals surface area contributed by atoms with Crippen LogP contribution < -0.4 is 4.74 Å². The summed E-state index contributed by atoms with van der Waals surface area (Å²) in [6, 6.07) is 6.25. The van der Waals surface area contributed by atoms with Crippen LogP contribution in [0.3, 0.4) is 0 Å². The van der Waals surface area contributed by atoms with E-state index >= 15 is 0 Å². The summed E-state index contributed by atoms with van der Waals surface area (Å²) in [6.45, 7) is 4.80. The summed E-state index contributed by atoms with van der Waals surface area (Å²) < 4.78 is 5.26. The number of ether oxygens (including phenoxy) is 1. The molecule has 1 heterocycles. The molecule has 0 unspecified atom stereocenters. The van der Waals surface area contributed by atoms with Crippen molar-refractivity contribution >= 4 is 5.97 Å². The number of rotatable bonds is 4. The molecule has 0 spiro atoms. The highest BCUT2D eigenvalue weighted by atomic mass is 16.5. The molecule has 1 aliphatic rings. The Labute approximate surface area is 119 Å². The number of hydrogen-bond donors (Lipinski definition) is 1. The molecule has 108 valence electrons. The molecule has 0 saturated carbocycles. The van der Waals surface area contributed by atoms with Crippen LogP contribution in [0, 0.1) is 6.92 Å². The lowest BCUT2D eigenvalue weighted by Gasteiger charge is -2.28. The van der Waals surface area contributed by atoms with E-state index in [-0.39, 0.29) is 0 Å². The van der Waals surface area contributed by atoms with Crippen LogP contribution in [0.5, 0.6) is 5.75 Å². The van der Waals surface area contributed by atoms with Crippen molar-refractivity contribution in [1.82, 2.24) is 4.90 Å². The van der Waals surface area contributed by atoms with Gasteiger partial charge in [-0.25, -0.2) is 4.79 Å². The van der Waals surface area contributed by atoms with Crippen molar-refractivity contribution in [2.45, 2.75) is 26.3 Å². The lowest BCUT2D eigenvalue weighted by atomic mass is 10.0. The Hall–Kier alpha value is -1.81. The third-order valence-corrected chi connectivity index (χ3v) is 3.69. The molecule has 4 nitrogen and oxygen atoms in total. The standard InChI is InChI=1S/C16H21NO3/c1-12-9-14(3-4-15(12)20-2)11-17-7-5-13(6-8-17)10-16(18)19/h3-4,9-10H,5-8,11H2,1-2H3,(H,18,19). The maximum atomic E-state index is 10.6. The fraction of sp³-hybridized carbons (Fsp3) is 0.438. The van der Waals surface area contributed by atoms with Crippen LogP contribution in [0.25, 0.3) is 0 Å². The maximum Gasteiger partial charge on any atom is 0.328 e. The number of methoxy groups -OCH3 is 1. The van der Waals surface area contributed by atoms with E-state index in [0.717, 1.165) is 49.4 Å². The fourth-order valence-corrected chi connectivity index (χ4v) is 2.61.